The zero-order valence-electron chi connectivity index (χ0n) is 22.4. The van der Waals surface area contributed by atoms with Crippen molar-refractivity contribution in [2.24, 2.45) is 7.05 Å². The Morgan fingerprint density at radius 1 is 1.00 bits per heavy atom. The number of phenols is 1. The Bertz CT molecular complexity index is 1630. The summed E-state index contributed by atoms with van der Waals surface area (Å²) in [5.74, 6) is -0.507. The molecule has 4 aromatic rings. The number of hydrogen-bond acceptors (Lipinski definition) is 5. The maximum absolute atomic E-state index is 13.0. The van der Waals surface area contributed by atoms with Crippen molar-refractivity contribution in [2.75, 3.05) is 13.2 Å². The standard InChI is InChI=1S/C31H32ClN3O4/c1-17-8-6-9-18(2)35(17)12-7-13-39-26-16-23-21(15-25(26)36)27-24(34(23)3)14-20(19-10-4-5-11-22(19)32)28-29(27)31(38)33-30(28)37/h4-5,10-11,14-18,36H,6-9,12-13H2,1-3H3,(H,33,37,38). The van der Waals surface area contributed by atoms with Crippen LogP contribution in [0.1, 0.15) is 60.2 Å². The molecule has 202 valence electrons. The van der Waals surface area contributed by atoms with Gasteiger partial charge in [-0.15, -0.1) is 0 Å². The van der Waals surface area contributed by atoms with Crippen molar-refractivity contribution in [1.29, 1.82) is 0 Å². The third-order valence-electron chi connectivity index (χ3n) is 8.42. The minimum absolute atomic E-state index is 0.00312. The second kappa shape index (κ2) is 9.88. The molecule has 2 aliphatic rings. The molecular formula is C31H32ClN3O4. The number of benzene rings is 3. The van der Waals surface area contributed by atoms with Crippen LogP contribution in [0.15, 0.2) is 42.5 Å². The Hall–Kier alpha value is -3.55. The van der Waals surface area contributed by atoms with Gasteiger partial charge >= 0.3 is 0 Å². The van der Waals surface area contributed by atoms with Crippen LogP contribution in [0, 0.1) is 0 Å². The van der Waals surface area contributed by atoms with Crippen LogP contribution in [-0.2, 0) is 7.05 Å². The number of nitrogens with zero attached hydrogens (tertiary/aromatic N) is 2. The van der Waals surface area contributed by atoms with Crippen LogP contribution < -0.4 is 10.1 Å². The first-order valence-electron chi connectivity index (χ1n) is 13.6. The first kappa shape index (κ1) is 25.7. The fourth-order valence-electron chi connectivity index (χ4n) is 6.41. The Kier molecular flexibility index (Phi) is 6.52. The molecule has 8 heteroatoms. The normalized spacial score (nSPS) is 19.6. The summed E-state index contributed by atoms with van der Waals surface area (Å²) in [7, 11) is 1.90. The third kappa shape index (κ3) is 4.24. The summed E-state index contributed by atoms with van der Waals surface area (Å²) in [6.07, 6.45) is 4.61. The van der Waals surface area contributed by atoms with Crippen LogP contribution in [0.25, 0.3) is 32.9 Å². The van der Waals surface area contributed by atoms with Crippen LogP contribution in [0.5, 0.6) is 11.5 Å². The fraction of sp³-hybridized carbons (Fsp3) is 0.355. The lowest BCUT2D eigenvalue weighted by molar-refractivity contribution is 0.0880. The molecule has 1 fully saturated rings. The number of halogens is 1. The second-order valence-electron chi connectivity index (χ2n) is 10.8. The SMILES string of the molecule is CC1CCCC(C)N1CCCOc1cc2c(cc1O)c1c3c(c(-c4ccccc4Cl)cc1n2C)C(=O)NC3=O. The summed E-state index contributed by atoms with van der Waals surface area (Å²) in [6.45, 7) is 6.03. The van der Waals surface area contributed by atoms with Crippen molar-refractivity contribution in [3.63, 3.8) is 0 Å². The number of fused-ring (bicyclic) bond motifs is 5. The molecule has 0 bridgehead atoms. The number of phenolic OH excluding ortho intramolecular Hbond substituents is 1. The van der Waals surface area contributed by atoms with E-state index in [-0.39, 0.29) is 5.75 Å². The summed E-state index contributed by atoms with van der Waals surface area (Å²) >= 11 is 6.51. The summed E-state index contributed by atoms with van der Waals surface area (Å²) in [5.41, 5.74) is 3.43. The maximum Gasteiger partial charge on any atom is 0.259 e. The van der Waals surface area contributed by atoms with Crippen molar-refractivity contribution in [3.05, 3.63) is 58.6 Å². The topological polar surface area (TPSA) is 83.8 Å². The van der Waals surface area contributed by atoms with Crippen LogP contribution in [0.3, 0.4) is 0 Å². The van der Waals surface area contributed by atoms with E-state index in [9.17, 15) is 14.7 Å². The lowest BCUT2D eigenvalue weighted by Crippen LogP contribution is -2.44. The van der Waals surface area contributed by atoms with Gasteiger partial charge in [0.2, 0.25) is 0 Å². The first-order chi connectivity index (χ1) is 18.8. The van der Waals surface area contributed by atoms with Crippen LogP contribution in [0.4, 0.5) is 0 Å². The molecule has 1 saturated heterocycles. The molecule has 2 amide bonds. The zero-order chi connectivity index (χ0) is 27.4. The van der Waals surface area contributed by atoms with Gasteiger partial charge in [-0.3, -0.25) is 19.8 Å². The highest BCUT2D eigenvalue weighted by atomic mass is 35.5. The lowest BCUT2D eigenvalue weighted by atomic mass is 9.93. The van der Waals surface area contributed by atoms with E-state index < -0.39 is 11.8 Å². The first-order valence-corrected chi connectivity index (χ1v) is 13.9. The molecule has 0 aliphatic carbocycles. The van der Waals surface area contributed by atoms with E-state index in [0.717, 1.165) is 24.0 Å². The molecular weight excluding hydrogens is 514 g/mol. The van der Waals surface area contributed by atoms with E-state index in [0.29, 0.717) is 62.5 Å². The molecule has 0 spiro atoms. The van der Waals surface area contributed by atoms with Crippen LogP contribution >= 0.6 is 11.6 Å². The van der Waals surface area contributed by atoms with Crippen LogP contribution in [0.2, 0.25) is 5.02 Å². The van der Waals surface area contributed by atoms with Gasteiger partial charge in [0.15, 0.2) is 11.5 Å². The molecule has 1 aromatic heterocycles. The van der Waals surface area contributed by atoms with Crippen molar-refractivity contribution in [2.45, 2.75) is 51.6 Å². The van der Waals surface area contributed by atoms with E-state index in [1.165, 1.54) is 19.3 Å². The molecule has 0 saturated carbocycles. The van der Waals surface area contributed by atoms with E-state index in [4.69, 9.17) is 16.3 Å². The maximum atomic E-state index is 13.0. The largest absolute Gasteiger partial charge is 0.504 e. The number of likely N-dealkylation sites (tertiary alicyclic amines) is 1. The molecule has 2 unspecified atom stereocenters. The Labute approximate surface area is 232 Å². The molecule has 2 atom stereocenters. The van der Waals surface area contributed by atoms with Gasteiger partial charge < -0.3 is 14.4 Å². The summed E-state index contributed by atoms with van der Waals surface area (Å²) in [6, 6.07) is 13.8. The molecule has 7 nitrogen and oxygen atoms in total. The molecule has 3 aromatic carbocycles. The van der Waals surface area contributed by atoms with Gasteiger partial charge in [0, 0.05) is 53.1 Å². The predicted molar refractivity (Wildman–Crippen MR) is 154 cm³/mol. The number of ether oxygens (including phenoxy) is 1. The number of carbonyl (C=O) groups is 2. The minimum atomic E-state index is -0.456. The highest BCUT2D eigenvalue weighted by Gasteiger charge is 2.35. The number of rotatable bonds is 6. The van der Waals surface area contributed by atoms with Gasteiger partial charge in [-0.25, -0.2) is 0 Å². The average molecular weight is 546 g/mol. The van der Waals surface area contributed by atoms with Crippen molar-refractivity contribution in [3.8, 4) is 22.6 Å². The number of hydrogen-bond donors (Lipinski definition) is 2. The highest BCUT2D eigenvalue weighted by Crippen LogP contribution is 2.44. The minimum Gasteiger partial charge on any atom is -0.504 e. The molecule has 3 heterocycles. The highest BCUT2D eigenvalue weighted by molar-refractivity contribution is 6.36. The van der Waals surface area contributed by atoms with Crippen molar-refractivity contribution >= 4 is 45.2 Å². The number of aryl methyl sites for hydroxylation is 1. The summed E-state index contributed by atoms with van der Waals surface area (Å²) in [4.78, 5) is 28.5. The number of piperidine rings is 1. The number of aromatic hydroxyl groups is 1. The monoisotopic (exact) mass is 545 g/mol. The van der Waals surface area contributed by atoms with E-state index >= 15 is 0 Å². The van der Waals surface area contributed by atoms with Gasteiger partial charge in [-0.1, -0.05) is 36.2 Å². The van der Waals surface area contributed by atoms with Gasteiger partial charge in [-0.05, 0) is 56.9 Å². The smallest absolute Gasteiger partial charge is 0.259 e. The van der Waals surface area contributed by atoms with Crippen LogP contribution in [-0.4, -0.2) is 51.6 Å². The Morgan fingerprint density at radius 3 is 2.46 bits per heavy atom. The predicted octanol–water partition coefficient (Wildman–Crippen LogP) is 6.27. The Balaban J connectivity index is 1.39. The number of aromatic nitrogens is 1. The second-order valence-corrected chi connectivity index (χ2v) is 11.2. The quantitative estimate of drug-likeness (QED) is 0.220. The lowest BCUT2D eigenvalue weighted by Gasteiger charge is -2.39. The van der Waals surface area contributed by atoms with Crippen molar-refractivity contribution in [1.82, 2.24) is 14.8 Å². The molecule has 6 rings (SSSR count). The molecule has 2 aliphatic heterocycles. The van der Waals surface area contributed by atoms with Gasteiger partial charge in [0.1, 0.15) is 0 Å². The summed E-state index contributed by atoms with van der Waals surface area (Å²) in [5, 5.41) is 15.2. The molecule has 2 N–H and O–H groups in total. The summed E-state index contributed by atoms with van der Waals surface area (Å²) < 4.78 is 8.02. The number of carbonyl (C=O) groups excluding carboxylic acids is 2. The van der Waals surface area contributed by atoms with E-state index in [1.54, 1.807) is 12.1 Å². The molecule has 39 heavy (non-hydrogen) atoms. The van der Waals surface area contributed by atoms with Crippen molar-refractivity contribution < 1.29 is 19.4 Å². The number of imide groups is 1. The van der Waals surface area contributed by atoms with Gasteiger partial charge in [-0.2, -0.15) is 0 Å². The van der Waals surface area contributed by atoms with Gasteiger partial charge in [0.05, 0.1) is 28.8 Å². The third-order valence-corrected chi connectivity index (χ3v) is 8.74. The average Bonchev–Trinajstić information content (AvgIpc) is 3.35. The fourth-order valence-corrected chi connectivity index (χ4v) is 6.65. The van der Waals surface area contributed by atoms with E-state index in [2.05, 4.69) is 24.1 Å². The zero-order valence-corrected chi connectivity index (χ0v) is 23.1. The molecule has 0 radical (unpaired) electrons. The Morgan fingerprint density at radius 2 is 1.72 bits per heavy atom. The number of amides is 2. The van der Waals surface area contributed by atoms with E-state index in [1.807, 2.05) is 41.9 Å². The number of nitrogens with one attached hydrogen (secondary N) is 1. The van der Waals surface area contributed by atoms with Gasteiger partial charge in [0.25, 0.3) is 11.8 Å².